The van der Waals surface area contributed by atoms with E-state index in [1.54, 1.807) is 0 Å². The monoisotopic (exact) mass is 239 g/mol. The number of carbonyl (C=O) groups is 1. The lowest BCUT2D eigenvalue weighted by atomic mass is 9.64. The Morgan fingerprint density at radius 1 is 1.22 bits per heavy atom. The average Bonchev–Trinajstić information content (AvgIpc) is 2.91. The smallest absolute Gasteiger partial charge is 0.163 e. The minimum atomic E-state index is 0.180. The zero-order valence-electron chi connectivity index (χ0n) is 10.4. The first-order valence-corrected chi connectivity index (χ1v) is 6.77. The highest BCUT2D eigenvalue weighted by Gasteiger charge is 2.51. The van der Waals surface area contributed by atoms with Crippen LogP contribution in [0.3, 0.4) is 0 Å². The van der Waals surface area contributed by atoms with Gasteiger partial charge in [0, 0.05) is 17.7 Å². The third-order valence-corrected chi connectivity index (χ3v) is 5.18. The van der Waals surface area contributed by atoms with E-state index in [9.17, 15) is 4.79 Å². The van der Waals surface area contributed by atoms with Crippen molar-refractivity contribution in [3.8, 4) is 0 Å². The molecule has 4 rings (SSSR count). The van der Waals surface area contributed by atoms with E-state index in [1.807, 2.05) is 18.2 Å². The predicted octanol–water partition coefficient (Wildman–Crippen LogP) is 2.98. The quantitative estimate of drug-likeness (QED) is 0.558. The second kappa shape index (κ2) is 3.25. The van der Waals surface area contributed by atoms with E-state index in [2.05, 4.69) is 12.2 Å². The molecule has 2 nitrogen and oxygen atoms in total. The molecular weight excluding hydrogens is 222 g/mol. The van der Waals surface area contributed by atoms with E-state index >= 15 is 0 Å². The second-order valence-corrected chi connectivity index (χ2v) is 6.20. The highest BCUT2D eigenvalue weighted by atomic mass is 16.1. The highest BCUT2D eigenvalue weighted by Crippen LogP contribution is 2.58. The molecular formula is C16H17NO. The first-order chi connectivity index (χ1) is 8.68. The molecule has 3 aliphatic rings. The number of anilines is 1. The Labute approximate surface area is 107 Å². The maximum atomic E-state index is 12.4. The van der Waals surface area contributed by atoms with Crippen LogP contribution in [-0.2, 0) is 6.42 Å². The van der Waals surface area contributed by atoms with Crippen molar-refractivity contribution in [2.75, 3.05) is 5.73 Å². The van der Waals surface area contributed by atoms with E-state index in [4.69, 9.17) is 5.73 Å². The number of nitrogen functional groups attached to an aromatic ring is 1. The van der Waals surface area contributed by atoms with Crippen LogP contribution in [0.4, 0.5) is 5.69 Å². The minimum absolute atomic E-state index is 0.180. The molecule has 1 saturated carbocycles. The molecule has 1 aromatic rings. The predicted molar refractivity (Wildman–Crippen MR) is 71.3 cm³/mol. The molecule has 18 heavy (non-hydrogen) atoms. The van der Waals surface area contributed by atoms with Crippen LogP contribution in [0.15, 0.2) is 30.4 Å². The largest absolute Gasteiger partial charge is 0.398 e. The molecule has 1 spiro atoms. The normalized spacial score (nSPS) is 36.3. The molecule has 3 atom stereocenters. The van der Waals surface area contributed by atoms with Gasteiger partial charge in [0.2, 0.25) is 0 Å². The number of ketones is 1. The fourth-order valence-electron chi connectivity index (χ4n) is 4.35. The Kier molecular flexibility index (Phi) is 1.87. The van der Waals surface area contributed by atoms with Crippen LogP contribution in [-0.4, -0.2) is 5.78 Å². The third-order valence-electron chi connectivity index (χ3n) is 5.18. The zero-order valence-corrected chi connectivity index (χ0v) is 10.4. The van der Waals surface area contributed by atoms with Gasteiger partial charge < -0.3 is 5.73 Å². The van der Waals surface area contributed by atoms with E-state index in [0.717, 1.165) is 29.7 Å². The van der Waals surface area contributed by atoms with Crippen molar-refractivity contribution in [2.45, 2.75) is 25.7 Å². The summed E-state index contributed by atoms with van der Waals surface area (Å²) in [6.07, 6.45) is 8.81. The van der Waals surface area contributed by atoms with Gasteiger partial charge in [0.1, 0.15) is 0 Å². The summed E-state index contributed by atoms with van der Waals surface area (Å²) in [5.41, 5.74) is 9.03. The summed E-state index contributed by atoms with van der Waals surface area (Å²) in [4.78, 5) is 12.4. The molecule has 3 aliphatic carbocycles. The first kappa shape index (κ1) is 10.4. The van der Waals surface area contributed by atoms with Crippen molar-refractivity contribution in [2.24, 2.45) is 17.3 Å². The molecule has 1 fully saturated rings. The first-order valence-electron chi connectivity index (χ1n) is 6.77. The lowest BCUT2D eigenvalue weighted by molar-refractivity contribution is 0.0849. The van der Waals surface area contributed by atoms with Gasteiger partial charge in [-0.25, -0.2) is 0 Å². The lowest BCUT2D eigenvalue weighted by Gasteiger charge is -2.39. The van der Waals surface area contributed by atoms with Crippen molar-refractivity contribution < 1.29 is 4.79 Å². The Morgan fingerprint density at radius 2 is 2.11 bits per heavy atom. The number of fused-ring (bicyclic) bond motifs is 4. The Morgan fingerprint density at radius 3 is 2.83 bits per heavy atom. The zero-order chi connectivity index (χ0) is 12.3. The Hall–Kier alpha value is -1.57. The number of rotatable bonds is 0. The van der Waals surface area contributed by atoms with E-state index in [-0.39, 0.29) is 5.41 Å². The summed E-state index contributed by atoms with van der Waals surface area (Å²) in [6, 6.07) is 5.75. The Balaban J connectivity index is 1.83. The molecule has 0 aliphatic heterocycles. The number of Topliss-reactive ketones (excluding diaryl/α,β-unsaturated/α-hetero) is 1. The van der Waals surface area contributed by atoms with Gasteiger partial charge in [0.25, 0.3) is 0 Å². The van der Waals surface area contributed by atoms with Gasteiger partial charge in [-0.3, -0.25) is 4.79 Å². The molecule has 0 saturated heterocycles. The maximum absolute atomic E-state index is 12.4. The summed E-state index contributed by atoms with van der Waals surface area (Å²) in [6.45, 7) is 0. The number of carbonyl (C=O) groups excluding carboxylic acids is 1. The second-order valence-electron chi connectivity index (χ2n) is 6.20. The van der Waals surface area contributed by atoms with E-state index in [1.165, 1.54) is 12.8 Å². The van der Waals surface area contributed by atoms with Gasteiger partial charge in [-0.15, -0.1) is 0 Å². The number of hydrogen-bond acceptors (Lipinski definition) is 2. The van der Waals surface area contributed by atoms with Crippen LogP contribution in [0.5, 0.6) is 0 Å². The SMILES string of the molecule is Nc1cccc2c1CC1(CC2=O)CC2C=CC1C2. The van der Waals surface area contributed by atoms with Gasteiger partial charge in [0.05, 0.1) is 0 Å². The molecule has 92 valence electrons. The molecule has 3 unspecified atom stereocenters. The third kappa shape index (κ3) is 1.21. The number of benzene rings is 1. The van der Waals surface area contributed by atoms with Crippen LogP contribution in [0, 0.1) is 17.3 Å². The van der Waals surface area contributed by atoms with Crippen LogP contribution < -0.4 is 5.73 Å². The summed E-state index contributed by atoms with van der Waals surface area (Å²) in [5.74, 6) is 1.60. The van der Waals surface area contributed by atoms with Gasteiger partial charge in [0.15, 0.2) is 5.78 Å². The van der Waals surface area contributed by atoms with E-state index in [0.29, 0.717) is 17.6 Å². The molecule has 2 N–H and O–H groups in total. The maximum Gasteiger partial charge on any atom is 0.163 e. The molecule has 1 aromatic carbocycles. The molecule has 0 amide bonds. The van der Waals surface area contributed by atoms with Gasteiger partial charge in [-0.2, -0.15) is 0 Å². The summed E-state index contributed by atoms with van der Waals surface area (Å²) in [5, 5.41) is 0. The number of hydrogen-bond donors (Lipinski definition) is 1. The highest BCUT2D eigenvalue weighted by molar-refractivity contribution is 6.00. The van der Waals surface area contributed by atoms with Crippen LogP contribution in [0.25, 0.3) is 0 Å². The molecule has 0 heterocycles. The average molecular weight is 239 g/mol. The molecule has 0 radical (unpaired) electrons. The molecule has 2 bridgehead atoms. The van der Waals surface area contributed by atoms with Crippen molar-refractivity contribution in [3.63, 3.8) is 0 Å². The van der Waals surface area contributed by atoms with Crippen LogP contribution in [0.1, 0.15) is 35.2 Å². The van der Waals surface area contributed by atoms with Crippen molar-refractivity contribution >= 4 is 11.5 Å². The number of allylic oxidation sites excluding steroid dienone is 2. The van der Waals surface area contributed by atoms with Crippen LogP contribution in [0.2, 0.25) is 0 Å². The topological polar surface area (TPSA) is 43.1 Å². The summed E-state index contributed by atoms with van der Waals surface area (Å²) in [7, 11) is 0. The summed E-state index contributed by atoms with van der Waals surface area (Å²) < 4.78 is 0. The van der Waals surface area contributed by atoms with Crippen molar-refractivity contribution in [1.82, 2.24) is 0 Å². The van der Waals surface area contributed by atoms with Crippen molar-refractivity contribution in [3.05, 3.63) is 41.5 Å². The number of nitrogens with two attached hydrogens (primary N) is 1. The summed E-state index contributed by atoms with van der Waals surface area (Å²) >= 11 is 0. The van der Waals surface area contributed by atoms with Crippen LogP contribution >= 0.6 is 0 Å². The van der Waals surface area contributed by atoms with Gasteiger partial charge in [-0.05, 0) is 48.1 Å². The van der Waals surface area contributed by atoms with Gasteiger partial charge in [-0.1, -0.05) is 24.3 Å². The van der Waals surface area contributed by atoms with Gasteiger partial charge >= 0.3 is 0 Å². The molecule has 0 aromatic heterocycles. The fourth-order valence-corrected chi connectivity index (χ4v) is 4.35. The lowest BCUT2D eigenvalue weighted by Crippen LogP contribution is -2.36. The molecule has 2 heteroatoms. The van der Waals surface area contributed by atoms with E-state index < -0.39 is 0 Å². The fraction of sp³-hybridized carbons (Fsp3) is 0.438. The Bertz CT molecular complexity index is 574. The minimum Gasteiger partial charge on any atom is -0.398 e. The van der Waals surface area contributed by atoms with Crippen molar-refractivity contribution in [1.29, 1.82) is 0 Å². The standard InChI is InChI=1S/C16H17NO/c17-14-3-1-2-12-13(14)8-16(9-15(12)18)7-10-4-5-11(16)6-10/h1-5,10-11H,6-9,17H2.